The van der Waals surface area contributed by atoms with Crippen LogP contribution in [0, 0.1) is 0 Å². The van der Waals surface area contributed by atoms with Crippen LogP contribution in [0.3, 0.4) is 0 Å². The molecule has 0 radical (unpaired) electrons. The summed E-state index contributed by atoms with van der Waals surface area (Å²) in [5.74, 6) is 0.121. The lowest BCUT2D eigenvalue weighted by Gasteiger charge is -2.16. The molecule has 1 aromatic heterocycles. The van der Waals surface area contributed by atoms with Gasteiger partial charge in [-0.1, -0.05) is 0 Å². The van der Waals surface area contributed by atoms with E-state index < -0.39 is 10.0 Å². The highest BCUT2D eigenvalue weighted by molar-refractivity contribution is 9.11. The predicted molar refractivity (Wildman–Crippen MR) is 112 cm³/mol. The van der Waals surface area contributed by atoms with Crippen LogP contribution in [0.25, 0.3) is 0 Å². The van der Waals surface area contributed by atoms with E-state index in [0.29, 0.717) is 18.7 Å². The Labute approximate surface area is 172 Å². The van der Waals surface area contributed by atoms with Gasteiger partial charge in [0.2, 0.25) is 15.9 Å². The van der Waals surface area contributed by atoms with Crippen molar-refractivity contribution in [1.82, 2.24) is 4.31 Å². The number of benzene rings is 1. The average Bonchev–Trinajstić information content (AvgIpc) is 3.01. The van der Waals surface area contributed by atoms with E-state index in [4.69, 9.17) is 4.74 Å². The Morgan fingerprint density at radius 2 is 2.00 bits per heavy atom. The molecule has 0 atom stereocenters. The van der Waals surface area contributed by atoms with Crippen molar-refractivity contribution in [3.8, 4) is 5.75 Å². The number of sulfonamides is 1. The third kappa shape index (κ3) is 6.03. The molecule has 1 aromatic carbocycles. The fourth-order valence-electron chi connectivity index (χ4n) is 2.39. The van der Waals surface area contributed by atoms with Crippen molar-refractivity contribution in [1.29, 1.82) is 0 Å². The number of carbonyl (C=O) groups excluding carboxylic acids is 1. The maximum absolute atomic E-state index is 12.5. The number of carbonyl (C=O) groups is 1. The van der Waals surface area contributed by atoms with Crippen LogP contribution in [0.4, 0.5) is 5.69 Å². The van der Waals surface area contributed by atoms with Gasteiger partial charge < -0.3 is 10.1 Å². The summed E-state index contributed by atoms with van der Waals surface area (Å²) in [5, 5.41) is 2.77. The molecule has 0 saturated carbocycles. The number of halogens is 1. The molecule has 148 valence electrons. The molecule has 0 aliphatic carbocycles. The zero-order chi connectivity index (χ0) is 20.0. The monoisotopic (exact) mass is 474 g/mol. The molecular formula is C18H23BrN2O4S2. The molecule has 9 heteroatoms. The molecule has 6 nitrogen and oxygen atoms in total. The summed E-state index contributed by atoms with van der Waals surface area (Å²) in [4.78, 5) is 13.5. The highest BCUT2D eigenvalue weighted by Crippen LogP contribution is 2.29. The van der Waals surface area contributed by atoms with E-state index in [-0.39, 0.29) is 16.6 Å². The van der Waals surface area contributed by atoms with E-state index in [9.17, 15) is 13.2 Å². The first-order valence-corrected chi connectivity index (χ1v) is 11.5. The van der Waals surface area contributed by atoms with Crippen molar-refractivity contribution in [2.24, 2.45) is 0 Å². The minimum Gasteiger partial charge on any atom is -0.492 e. The minimum atomic E-state index is -3.68. The highest BCUT2D eigenvalue weighted by atomic mass is 79.9. The van der Waals surface area contributed by atoms with Crippen LogP contribution < -0.4 is 10.1 Å². The molecule has 0 saturated heterocycles. The highest BCUT2D eigenvalue weighted by Gasteiger charge is 2.23. The van der Waals surface area contributed by atoms with Crippen LogP contribution in [0.5, 0.6) is 5.75 Å². The molecule has 1 heterocycles. The maximum Gasteiger partial charge on any atom is 0.246 e. The number of ether oxygens (including phenoxy) is 1. The summed E-state index contributed by atoms with van der Waals surface area (Å²) >= 11 is 5.08. The van der Waals surface area contributed by atoms with Gasteiger partial charge in [0.05, 0.1) is 10.4 Å². The fourth-order valence-corrected chi connectivity index (χ4v) is 4.97. The van der Waals surface area contributed by atoms with Crippen molar-refractivity contribution in [3.05, 3.63) is 39.0 Å². The summed E-state index contributed by atoms with van der Waals surface area (Å²) in [5.41, 5.74) is 0.433. The summed E-state index contributed by atoms with van der Waals surface area (Å²) in [6.07, 6.45) is 1.91. The predicted octanol–water partition coefficient (Wildman–Crippen LogP) is 4.12. The molecular weight excluding hydrogens is 452 g/mol. The normalized spacial score (nSPS) is 11.6. The van der Waals surface area contributed by atoms with Crippen LogP contribution in [0.1, 0.15) is 24.6 Å². The van der Waals surface area contributed by atoms with Gasteiger partial charge in [0, 0.05) is 31.1 Å². The largest absolute Gasteiger partial charge is 0.492 e. The van der Waals surface area contributed by atoms with Crippen LogP contribution in [0.15, 0.2) is 39.0 Å². The number of nitrogens with one attached hydrogen (secondary N) is 1. The Balaban J connectivity index is 2.06. The Hall–Kier alpha value is -1.42. The number of nitrogens with zero attached hydrogens (tertiary/aromatic N) is 1. The smallest absolute Gasteiger partial charge is 0.246 e. The first kappa shape index (κ1) is 21.9. The van der Waals surface area contributed by atoms with Crippen molar-refractivity contribution in [2.75, 3.05) is 26.0 Å². The SMILES string of the molecule is CCOc1ccc(NC(=O)CCCc2ccc(Br)s2)cc1S(=O)(=O)N(C)C. The van der Waals surface area contributed by atoms with Gasteiger partial charge in [-0.15, -0.1) is 11.3 Å². The van der Waals surface area contributed by atoms with Gasteiger partial charge in [0.1, 0.15) is 10.6 Å². The van der Waals surface area contributed by atoms with Gasteiger partial charge >= 0.3 is 0 Å². The lowest BCUT2D eigenvalue weighted by atomic mass is 10.2. The van der Waals surface area contributed by atoms with Crippen molar-refractivity contribution in [2.45, 2.75) is 31.1 Å². The van der Waals surface area contributed by atoms with E-state index >= 15 is 0 Å². The Bertz CT molecular complexity index is 895. The summed E-state index contributed by atoms with van der Waals surface area (Å²) in [6.45, 7) is 2.13. The maximum atomic E-state index is 12.5. The van der Waals surface area contributed by atoms with Crippen molar-refractivity contribution < 1.29 is 17.9 Å². The first-order chi connectivity index (χ1) is 12.7. The van der Waals surface area contributed by atoms with Crippen LogP contribution >= 0.6 is 27.3 Å². The molecule has 0 aliphatic rings. The summed E-state index contributed by atoms with van der Waals surface area (Å²) in [7, 11) is -0.770. The number of hydrogen-bond acceptors (Lipinski definition) is 5. The number of anilines is 1. The molecule has 27 heavy (non-hydrogen) atoms. The minimum absolute atomic E-state index is 0.0376. The Morgan fingerprint density at radius 1 is 1.26 bits per heavy atom. The van der Waals surface area contributed by atoms with Gasteiger partial charge in [0.15, 0.2) is 0 Å². The van der Waals surface area contributed by atoms with Crippen molar-refractivity contribution >= 4 is 48.9 Å². The van der Waals surface area contributed by atoms with E-state index in [1.165, 1.54) is 25.0 Å². The lowest BCUT2D eigenvalue weighted by Crippen LogP contribution is -2.23. The quantitative estimate of drug-likeness (QED) is 0.592. The van der Waals surface area contributed by atoms with E-state index in [1.54, 1.807) is 30.4 Å². The molecule has 0 unspecified atom stereocenters. The Morgan fingerprint density at radius 3 is 2.59 bits per heavy atom. The van der Waals surface area contributed by atoms with Gasteiger partial charge in [-0.25, -0.2) is 12.7 Å². The second-order valence-electron chi connectivity index (χ2n) is 5.99. The first-order valence-electron chi connectivity index (χ1n) is 8.47. The second-order valence-corrected chi connectivity index (χ2v) is 10.7. The van der Waals surface area contributed by atoms with E-state index in [2.05, 4.69) is 21.2 Å². The average molecular weight is 475 g/mol. The topological polar surface area (TPSA) is 75.7 Å². The number of rotatable bonds is 9. The van der Waals surface area contributed by atoms with E-state index in [0.717, 1.165) is 20.9 Å². The lowest BCUT2D eigenvalue weighted by molar-refractivity contribution is -0.116. The standard InChI is InChI=1S/C18H23BrN2O4S2/c1-4-25-15-10-8-13(12-16(15)27(23,24)21(2)3)20-18(22)7-5-6-14-9-11-17(19)26-14/h8-12H,4-7H2,1-3H3,(H,20,22). The van der Waals surface area contributed by atoms with Crippen LogP contribution in [0.2, 0.25) is 0 Å². The zero-order valence-electron chi connectivity index (χ0n) is 15.5. The third-order valence-electron chi connectivity index (χ3n) is 3.74. The van der Waals surface area contributed by atoms with Gasteiger partial charge in [-0.2, -0.15) is 0 Å². The van der Waals surface area contributed by atoms with Crippen molar-refractivity contribution in [3.63, 3.8) is 0 Å². The number of aryl methyl sites for hydroxylation is 1. The number of hydrogen-bond donors (Lipinski definition) is 1. The molecule has 2 rings (SSSR count). The van der Waals surface area contributed by atoms with Crippen LogP contribution in [-0.4, -0.2) is 39.3 Å². The van der Waals surface area contributed by atoms with E-state index in [1.807, 2.05) is 12.1 Å². The molecule has 0 aliphatic heterocycles. The number of amides is 1. The van der Waals surface area contributed by atoms with Gasteiger partial charge in [-0.3, -0.25) is 4.79 Å². The number of thiophene rings is 1. The molecule has 1 amide bonds. The fraction of sp³-hybridized carbons (Fsp3) is 0.389. The van der Waals surface area contributed by atoms with Gasteiger partial charge in [0.25, 0.3) is 0 Å². The summed E-state index contributed by atoms with van der Waals surface area (Å²) < 4.78 is 32.7. The molecule has 1 N–H and O–H groups in total. The molecule has 0 fully saturated rings. The third-order valence-corrected chi connectivity index (χ3v) is 7.26. The zero-order valence-corrected chi connectivity index (χ0v) is 18.7. The summed E-state index contributed by atoms with van der Waals surface area (Å²) in [6, 6.07) is 8.69. The second kappa shape index (κ2) is 9.68. The van der Waals surface area contributed by atoms with Crippen LogP contribution in [-0.2, 0) is 21.2 Å². The molecule has 0 bridgehead atoms. The Kier molecular flexibility index (Phi) is 7.84. The molecule has 2 aromatic rings. The molecule has 0 spiro atoms. The van der Waals surface area contributed by atoms with Gasteiger partial charge in [-0.05, 0) is 66.0 Å².